The smallest absolute Gasteiger partial charge is 0.349 e. The van der Waals surface area contributed by atoms with Crippen molar-refractivity contribution in [2.24, 2.45) is 5.73 Å². The van der Waals surface area contributed by atoms with E-state index in [1.807, 2.05) is 0 Å². The van der Waals surface area contributed by atoms with E-state index in [-0.39, 0.29) is 12.1 Å². The summed E-state index contributed by atoms with van der Waals surface area (Å²) in [4.78, 5) is 33.7. The highest BCUT2D eigenvalue weighted by molar-refractivity contribution is 5.98. The molecular weight excluding hydrogens is 236 g/mol. The summed E-state index contributed by atoms with van der Waals surface area (Å²) in [5.41, 5.74) is 4.38. The number of nitrogens with one attached hydrogen (secondary N) is 1. The quantitative estimate of drug-likeness (QED) is 0.744. The van der Waals surface area contributed by atoms with Gasteiger partial charge in [0, 0.05) is 5.39 Å². The van der Waals surface area contributed by atoms with Gasteiger partial charge in [-0.1, -0.05) is 18.2 Å². The molecule has 18 heavy (non-hydrogen) atoms. The lowest BCUT2D eigenvalue weighted by atomic mass is 10.2. The Morgan fingerprint density at radius 3 is 2.72 bits per heavy atom. The predicted octanol–water partition coefficient (Wildman–Crippen LogP) is 0.00810. The van der Waals surface area contributed by atoms with Gasteiger partial charge in [-0.05, 0) is 12.1 Å². The highest BCUT2D eigenvalue weighted by atomic mass is 16.4. The van der Waals surface area contributed by atoms with E-state index < -0.39 is 17.4 Å². The minimum absolute atomic E-state index is 0.157. The summed E-state index contributed by atoms with van der Waals surface area (Å²) < 4.78 is 4.99. The van der Waals surface area contributed by atoms with Crippen LogP contribution in [-0.4, -0.2) is 18.4 Å². The standard InChI is InChI=1S/C12H10N2O4/c13-10(15)6-14-11(16)8-5-7-3-1-2-4-9(7)18-12(8)17/h1-5H,6H2,(H2,13,15)(H,14,16). The Labute approximate surface area is 101 Å². The van der Waals surface area contributed by atoms with Gasteiger partial charge in [-0.15, -0.1) is 0 Å². The van der Waals surface area contributed by atoms with Crippen LogP contribution in [0.3, 0.4) is 0 Å². The van der Waals surface area contributed by atoms with E-state index in [1.165, 1.54) is 6.07 Å². The number of amides is 2. The maximum atomic E-state index is 11.6. The molecule has 2 rings (SSSR count). The molecule has 0 aliphatic heterocycles. The molecule has 2 amide bonds. The molecule has 1 aromatic heterocycles. The number of primary amides is 1. The molecule has 0 aliphatic rings. The van der Waals surface area contributed by atoms with Crippen LogP contribution in [-0.2, 0) is 4.79 Å². The van der Waals surface area contributed by atoms with Crippen molar-refractivity contribution in [2.45, 2.75) is 0 Å². The number of nitrogens with two attached hydrogens (primary N) is 1. The average Bonchev–Trinajstić information content (AvgIpc) is 2.35. The van der Waals surface area contributed by atoms with Crippen LogP contribution in [0.5, 0.6) is 0 Å². The molecule has 0 unspecified atom stereocenters. The van der Waals surface area contributed by atoms with E-state index in [0.717, 1.165) is 0 Å². The third-order valence-corrected chi connectivity index (χ3v) is 2.31. The molecule has 0 saturated heterocycles. The maximum absolute atomic E-state index is 11.6. The van der Waals surface area contributed by atoms with Gasteiger partial charge in [-0.3, -0.25) is 9.59 Å². The summed E-state index contributed by atoms with van der Waals surface area (Å²) in [5.74, 6) is -1.37. The monoisotopic (exact) mass is 246 g/mol. The van der Waals surface area contributed by atoms with Gasteiger partial charge < -0.3 is 15.5 Å². The summed E-state index contributed by atoms with van der Waals surface area (Å²) in [5, 5.41) is 2.86. The summed E-state index contributed by atoms with van der Waals surface area (Å²) in [6.07, 6.45) is 0. The largest absolute Gasteiger partial charge is 0.422 e. The Kier molecular flexibility index (Phi) is 3.09. The summed E-state index contributed by atoms with van der Waals surface area (Å²) in [6, 6.07) is 8.23. The molecular formula is C12H10N2O4. The second-order valence-corrected chi connectivity index (χ2v) is 3.63. The second-order valence-electron chi connectivity index (χ2n) is 3.63. The first-order valence-corrected chi connectivity index (χ1v) is 5.17. The molecule has 0 saturated carbocycles. The van der Waals surface area contributed by atoms with Crippen molar-refractivity contribution in [3.05, 3.63) is 46.3 Å². The van der Waals surface area contributed by atoms with Crippen molar-refractivity contribution in [1.29, 1.82) is 0 Å². The fourth-order valence-corrected chi connectivity index (χ4v) is 1.48. The number of para-hydroxylation sites is 1. The molecule has 1 aromatic carbocycles. The third kappa shape index (κ3) is 2.37. The van der Waals surface area contributed by atoms with E-state index in [4.69, 9.17) is 10.2 Å². The second kappa shape index (κ2) is 4.70. The van der Waals surface area contributed by atoms with Gasteiger partial charge in [0.1, 0.15) is 11.1 Å². The Hall–Kier alpha value is -2.63. The number of hydrogen-bond donors (Lipinski definition) is 2. The van der Waals surface area contributed by atoms with Gasteiger partial charge in [0.15, 0.2) is 0 Å². The van der Waals surface area contributed by atoms with Crippen molar-refractivity contribution in [3.63, 3.8) is 0 Å². The van der Waals surface area contributed by atoms with Crippen LogP contribution in [0.1, 0.15) is 10.4 Å². The third-order valence-electron chi connectivity index (χ3n) is 2.31. The minimum atomic E-state index is -0.754. The van der Waals surface area contributed by atoms with Crippen LogP contribution in [0.15, 0.2) is 39.5 Å². The van der Waals surface area contributed by atoms with Gasteiger partial charge in [0.05, 0.1) is 6.54 Å². The lowest BCUT2D eigenvalue weighted by Crippen LogP contribution is -2.35. The van der Waals surface area contributed by atoms with Crippen molar-refractivity contribution < 1.29 is 14.0 Å². The average molecular weight is 246 g/mol. The topological polar surface area (TPSA) is 102 Å². The highest BCUT2D eigenvalue weighted by Gasteiger charge is 2.13. The molecule has 3 N–H and O–H groups in total. The zero-order valence-corrected chi connectivity index (χ0v) is 9.30. The molecule has 6 heteroatoms. The fourth-order valence-electron chi connectivity index (χ4n) is 1.48. The zero-order chi connectivity index (χ0) is 13.1. The molecule has 0 bridgehead atoms. The first kappa shape index (κ1) is 11.8. The van der Waals surface area contributed by atoms with Crippen molar-refractivity contribution in [2.75, 3.05) is 6.54 Å². The Morgan fingerprint density at radius 2 is 2.00 bits per heavy atom. The lowest BCUT2D eigenvalue weighted by Gasteiger charge is -2.02. The predicted molar refractivity (Wildman–Crippen MR) is 64.0 cm³/mol. The molecule has 0 aliphatic carbocycles. The molecule has 0 spiro atoms. The van der Waals surface area contributed by atoms with Crippen molar-refractivity contribution >= 4 is 22.8 Å². The van der Waals surface area contributed by atoms with Gasteiger partial charge in [-0.25, -0.2) is 4.79 Å². The van der Waals surface area contributed by atoms with Crippen LogP contribution in [0.4, 0.5) is 0 Å². The molecule has 6 nitrogen and oxygen atoms in total. The summed E-state index contributed by atoms with van der Waals surface area (Å²) >= 11 is 0. The summed E-state index contributed by atoms with van der Waals surface area (Å²) in [7, 11) is 0. The molecule has 92 valence electrons. The van der Waals surface area contributed by atoms with E-state index in [9.17, 15) is 14.4 Å². The van der Waals surface area contributed by atoms with E-state index in [1.54, 1.807) is 24.3 Å². The normalized spacial score (nSPS) is 10.2. The van der Waals surface area contributed by atoms with Crippen molar-refractivity contribution in [3.8, 4) is 0 Å². The maximum Gasteiger partial charge on any atom is 0.349 e. The van der Waals surface area contributed by atoms with Crippen LogP contribution in [0, 0.1) is 0 Å². The first-order chi connectivity index (χ1) is 8.58. The lowest BCUT2D eigenvalue weighted by molar-refractivity contribution is -0.117. The minimum Gasteiger partial charge on any atom is -0.422 e. The molecule has 0 radical (unpaired) electrons. The Balaban J connectivity index is 2.38. The Morgan fingerprint density at radius 1 is 1.28 bits per heavy atom. The van der Waals surface area contributed by atoms with Crippen LogP contribution in [0.2, 0.25) is 0 Å². The van der Waals surface area contributed by atoms with Gasteiger partial charge >= 0.3 is 5.63 Å². The molecule has 1 heterocycles. The zero-order valence-electron chi connectivity index (χ0n) is 9.30. The molecule has 0 fully saturated rings. The number of hydrogen-bond acceptors (Lipinski definition) is 4. The number of benzene rings is 1. The number of carbonyl (C=O) groups excluding carboxylic acids is 2. The number of carbonyl (C=O) groups is 2. The van der Waals surface area contributed by atoms with Crippen LogP contribution < -0.4 is 16.7 Å². The van der Waals surface area contributed by atoms with E-state index >= 15 is 0 Å². The fraction of sp³-hybridized carbons (Fsp3) is 0.0833. The molecule has 2 aromatic rings. The van der Waals surface area contributed by atoms with Gasteiger partial charge in [-0.2, -0.15) is 0 Å². The van der Waals surface area contributed by atoms with Gasteiger partial charge in [0.25, 0.3) is 5.91 Å². The number of rotatable bonds is 3. The Bertz CT molecular complexity index is 675. The highest BCUT2D eigenvalue weighted by Crippen LogP contribution is 2.12. The van der Waals surface area contributed by atoms with Crippen LogP contribution in [0.25, 0.3) is 11.0 Å². The number of fused-ring (bicyclic) bond motifs is 1. The summed E-state index contributed by atoms with van der Waals surface area (Å²) in [6.45, 7) is -0.328. The van der Waals surface area contributed by atoms with E-state index in [0.29, 0.717) is 11.0 Å². The van der Waals surface area contributed by atoms with E-state index in [2.05, 4.69) is 5.32 Å². The SMILES string of the molecule is NC(=O)CNC(=O)c1cc2ccccc2oc1=O. The molecule has 0 atom stereocenters. The van der Waals surface area contributed by atoms with Crippen LogP contribution >= 0.6 is 0 Å². The first-order valence-electron chi connectivity index (χ1n) is 5.17. The van der Waals surface area contributed by atoms with Gasteiger partial charge in [0.2, 0.25) is 5.91 Å². The van der Waals surface area contributed by atoms with Crippen molar-refractivity contribution in [1.82, 2.24) is 5.32 Å².